The van der Waals surface area contributed by atoms with Gasteiger partial charge in [-0.15, -0.1) is 11.3 Å². The SMILES string of the molecule is Clc1cc(-c2c[nH]c3ccccc23)c(Cl)s1. The first-order valence-corrected chi connectivity index (χ1v) is 6.34. The molecule has 0 aliphatic heterocycles. The van der Waals surface area contributed by atoms with Crippen LogP contribution in [0.2, 0.25) is 8.67 Å². The average Bonchev–Trinajstić information content (AvgIpc) is 2.81. The molecule has 3 aromatic rings. The molecule has 4 heteroatoms. The van der Waals surface area contributed by atoms with Crippen molar-refractivity contribution >= 4 is 45.4 Å². The van der Waals surface area contributed by atoms with Crippen LogP contribution in [-0.4, -0.2) is 4.98 Å². The normalized spacial score (nSPS) is 11.1. The molecule has 80 valence electrons. The number of halogens is 2. The highest BCUT2D eigenvalue weighted by atomic mass is 35.5. The molecule has 0 unspecified atom stereocenters. The lowest BCUT2D eigenvalue weighted by atomic mass is 10.1. The van der Waals surface area contributed by atoms with E-state index >= 15 is 0 Å². The van der Waals surface area contributed by atoms with E-state index in [2.05, 4.69) is 11.1 Å². The van der Waals surface area contributed by atoms with Gasteiger partial charge in [0.1, 0.15) is 4.34 Å². The summed E-state index contributed by atoms with van der Waals surface area (Å²) in [5.41, 5.74) is 3.20. The van der Waals surface area contributed by atoms with Crippen LogP contribution in [0.3, 0.4) is 0 Å². The number of hydrogen-bond acceptors (Lipinski definition) is 1. The molecule has 0 aliphatic rings. The van der Waals surface area contributed by atoms with E-state index in [1.54, 1.807) is 0 Å². The topological polar surface area (TPSA) is 15.8 Å². The van der Waals surface area contributed by atoms with Gasteiger partial charge in [-0.25, -0.2) is 0 Å². The molecule has 2 aromatic heterocycles. The third-order valence-electron chi connectivity index (χ3n) is 2.54. The van der Waals surface area contributed by atoms with Gasteiger partial charge in [-0.05, 0) is 12.1 Å². The second kappa shape index (κ2) is 3.81. The fraction of sp³-hybridized carbons (Fsp3) is 0. The zero-order valence-corrected chi connectivity index (χ0v) is 10.5. The summed E-state index contributed by atoms with van der Waals surface area (Å²) in [5, 5.41) is 1.17. The third kappa shape index (κ3) is 1.54. The molecule has 2 heterocycles. The van der Waals surface area contributed by atoms with E-state index in [1.807, 2.05) is 30.5 Å². The Morgan fingerprint density at radius 2 is 1.88 bits per heavy atom. The molecule has 1 N–H and O–H groups in total. The van der Waals surface area contributed by atoms with Crippen molar-refractivity contribution in [3.63, 3.8) is 0 Å². The van der Waals surface area contributed by atoms with Gasteiger partial charge in [0.25, 0.3) is 0 Å². The highest BCUT2D eigenvalue weighted by molar-refractivity contribution is 7.20. The molecular weight excluding hydrogens is 261 g/mol. The molecule has 0 spiro atoms. The Balaban J connectivity index is 2.30. The Bertz CT molecular complexity index is 654. The molecule has 16 heavy (non-hydrogen) atoms. The summed E-state index contributed by atoms with van der Waals surface area (Å²) in [6.07, 6.45) is 1.97. The lowest BCUT2D eigenvalue weighted by molar-refractivity contribution is 1.48. The molecule has 1 nitrogen and oxygen atoms in total. The number of H-pyrrole nitrogens is 1. The minimum Gasteiger partial charge on any atom is -0.361 e. The largest absolute Gasteiger partial charge is 0.361 e. The fourth-order valence-corrected chi connectivity index (χ4v) is 3.31. The number of aromatic nitrogens is 1. The molecule has 0 amide bonds. The molecule has 3 rings (SSSR count). The van der Waals surface area contributed by atoms with Gasteiger partial charge >= 0.3 is 0 Å². The van der Waals surface area contributed by atoms with E-state index in [4.69, 9.17) is 23.2 Å². The van der Waals surface area contributed by atoms with E-state index < -0.39 is 0 Å². The van der Waals surface area contributed by atoms with E-state index in [9.17, 15) is 0 Å². The number of fused-ring (bicyclic) bond motifs is 1. The summed E-state index contributed by atoms with van der Waals surface area (Å²) in [4.78, 5) is 3.23. The zero-order valence-electron chi connectivity index (χ0n) is 8.13. The zero-order chi connectivity index (χ0) is 11.1. The number of benzene rings is 1. The number of thiophene rings is 1. The Kier molecular flexibility index (Phi) is 2.43. The van der Waals surface area contributed by atoms with E-state index in [1.165, 1.54) is 16.7 Å². The predicted octanol–water partition coefficient (Wildman–Crippen LogP) is 5.20. The standard InChI is InChI=1S/C12H7Cl2NS/c13-11-5-8(12(14)16-11)9-6-15-10-4-2-1-3-7(9)10/h1-6,15H. The Hall–Kier alpha value is -0.960. The van der Waals surface area contributed by atoms with E-state index in [0.29, 0.717) is 4.34 Å². The van der Waals surface area contributed by atoms with Crippen LogP contribution < -0.4 is 0 Å². The number of hydrogen-bond donors (Lipinski definition) is 1. The van der Waals surface area contributed by atoms with Crippen molar-refractivity contribution in [2.24, 2.45) is 0 Å². The van der Waals surface area contributed by atoms with Gasteiger partial charge in [0.15, 0.2) is 0 Å². The van der Waals surface area contributed by atoms with Gasteiger partial charge in [-0.1, -0.05) is 41.4 Å². The maximum atomic E-state index is 6.16. The Labute approximate surface area is 107 Å². The number of aromatic amines is 1. The second-order valence-electron chi connectivity index (χ2n) is 3.49. The van der Waals surface area contributed by atoms with Crippen LogP contribution in [0.5, 0.6) is 0 Å². The van der Waals surface area contributed by atoms with Gasteiger partial charge in [0.05, 0.1) is 4.34 Å². The number of rotatable bonds is 1. The summed E-state index contributed by atoms with van der Waals surface area (Å²) in [7, 11) is 0. The lowest BCUT2D eigenvalue weighted by Crippen LogP contribution is -1.70. The van der Waals surface area contributed by atoms with Crippen molar-refractivity contribution in [2.75, 3.05) is 0 Å². The Morgan fingerprint density at radius 3 is 2.62 bits per heavy atom. The van der Waals surface area contributed by atoms with Crippen molar-refractivity contribution in [1.82, 2.24) is 4.98 Å². The van der Waals surface area contributed by atoms with Crippen LogP contribution in [0.15, 0.2) is 36.5 Å². The molecular formula is C12H7Cl2NS. The first-order chi connectivity index (χ1) is 7.75. The molecule has 0 bridgehead atoms. The van der Waals surface area contributed by atoms with Crippen molar-refractivity contribution < 1.29 is 0 Å². The van der Waals surface area contributed by atoms with Gasteiger partial charge in [-0.3, -0.25) is 0 Å². The molecule has 0 fully saturated rings. The minimum absolute atomic E-state index is 0.713. The molecule has 0 aliphatic carbocycles. The predicted molar refractivity (Wildman–Crippen MR) is 71.6 cm³/mol. The van der Waals surface area contributed by atoms with Crippen LogP contribution in [-0.2, 0) is 0 Å². The summed E-state index contributed by atoms with van der Waals surface area (Å²) in [5.74, 6) is 0. The van der Waals surface area contributed by atoms with Crippen molar-refractivity contribution in [3.8, 4) is 11.1 Å². The summed E-state index contributed by atoms with van der Waals surface area (Å²) < 4.78 is 1.44. The van der Waals surface area contributed by atoms with Crippen molar-refractivity contribution in [2.45, 2.75) is 0 Å². The highest BCUT2D eigenvalue weighted by Crippen LogP contribution is 2.40. The second-order valence-corrected chi connectivity index (χ2v) is 5.77. The smallest absolute Gasteiger partial charge is 0.102 e. The van der Waals surface area contributed by atoms with Crippen molar-refractivity contribution in [3.05, 3.63) is 45.2 Å². The molecule has 1 aromatic carbocycles. The van der Waals surface area contributed by atoms with Gasteiger partial charge in [-0.2, -0.15) is 0 Å². The van der Waals surface area contributed by atoms with Gasteiger partial charge < -0.3 is 4.98 Å². The van der Waals surface area contributed by atoms with Gasteiger partial charge in [0.2, 0.25) is 0 Å². The fourth-order valence-electron chi connectivity index (χ4n) is 1.82. The van der Waals surface area contributed by atoms with Crippen molar-refractivity contribution in [1.29, 1.82) is 0 Å². The van der Waals surface area contributed by atoms with Gasteiger partial charge in [0, 0.05) is 28.2 Å². The average molecular weight is 268 g/mol. The number of para-hydroxylation sites is 1. The Morgan fingerprint density at radius 1 is 1.06 bits per heavy atom. The van der Waals surface area contributed by atoms with Crippen LogP contribution in [0.4, 0.5) is 0 Å². The molecule has 0 radical (unpaired) electrons. The minimum atomic E-state index is 0.713. The highest BCUT2D eigenvalue weighted by Gasteiger charge is 2.12. The molecule has 0 saturated carbocycles. The lowest BCUT2D eigenvalue weighted by Gasteiger charge is -1.95. The summed E-state index contributed by atoms with van der Waals surface area (Å²) >= 11 is 13.5. The van der Waals surface area contributed by atoms with Crippen LogP contribution in [0, 0.1) is 0 Å². The third-order valence-corrected chi connectivity index (χ3v) is 4.02. The van der Waals surface area contributed by atoms with Crippen LogP contribution >= 0.6 is 34.5 Å². The maximum Gasteiger partial charge on any atom is 0.102 e. The quantitative estimate of drug-likeness (QED) is 0.624. The monoisotopic (exact) mass is 267 g/mol. The molecule has 0 atom stereocenters. The van der Waals surface area contributed by atoms with E-state index in [-0.39, 0.29) is 0 Å². The summed E-state index contributed by atoms with van der Waals surface area (Å²) in [6.45, 7) is 0. The maximum absolute atomic E-state index is 6.16. The van der Waals surface area contributed by atoms with Crippen LogP contribution in [0.25, 0.3) is 22.0 Å². The van der Waals surface area contributed by atoms with E-state index in [0.717, 1.165) is 21.0 Å². The van der Waals surface area contributed by atoms with Crippen LogP contribution in [0.1, 0.15) is 0 Å². The first-order valence-electron chi connectivity index (χ1n) is 4.77. The molecule has 0 saturated heterocycles. The first kappa shape index (κ1) is 10.2. The number of nitrogens with one attached hydrogen (secondary N) is 1. The summed E-state index contributed by atoms with van der Waals surface area (Å²) in [6, 6.07) is 10.0.